The number of hydrogen-bond acceptors (Lipinski definition) is 3. The average molecular weight is 426 g/mol. The molecule has 5 aromatic rings. The van der Waals surface area contributed by atoms with Crippen LogP contribution in [0.3, 0.4) is 0 Å². The zero-order chi connectivity index (χ0) is 22.2. The van der Waals surface area contributed by atoms with Crippen LogP contribution in [0.25, 0.3) is 21.8 Å². The Balaban J connectivity index is 1.75. The Labute approximate surface area is 187 Å². The van der Waals surface area contributed by atoms with Gasteiger partial charge in [0, 0.05) is 59.9 Å². The molecule has 0 aliphatic carbocycles. The van der Waals surface area contributed by atoms with Gasteiger partial charge in [0.2, 0.25) is 0 Å². The van der Waals surface area contributed by atoms with E-state index in [0.29, 0.717) is 0 Å². The summed E-state index contributed by atoms with van der Waals surface area (Å²) in [5.41, 5.74) is 7.00. The van der Waals surface area contributed by atoms with E-state index in [1.54, 1.807) is 14.2 Å². The highest BCUT2D eigenvalue weighted by molar-refractivity contribution is 5.90. The average Bonchev–Trinajstić information content (AvgIpc) is 3.43. The van der Waals surface area contributed by atoms with Crippen molar-refractivity contribution in [3.63, 3.8) is 0 Å². The largest absolute Gasteiger partial charge is 0.497 e. The maximum Gasteiger partial charge on any atom is 0.119 e. The van der Waals surface area contributed by atoms with Crippen LogP contribution in [0.15, 0.2) is 73.1 Å². The van der Waals surface area contributed by atoms with Gasteiger partial charge in [-0.2, -0.15) is 0 Å². The highest BCUT2D eigenvalue weighted by Gasteiger charge is 2.24. The molecule has 3 aromatic carbocycles. The van der Waals surface area contributed by atoms with E-state index in [1.165, 1.54) is 22.4 Å². The van der Waals surface area contributed by atoms with E-state index in [4.69, 9.17) is 9.47 Å². The molecule has 2 aromatic heterocycles. The van der Waals surface area contributed by atoms with Gasteiger partial charge >= 0.3 is 0 Å². The van der Waals surface area contributed by atoms with Gasteiger partial charge < -0.3 is 24.3 Å². The van der Waals surface area contributed by atoms with Crippen molar-refractivity contribution in [2.24, 2.45) is 0 Å². The van der Waals surface area contributed by atoms with Crippen molar-refractivity contribution in [3.8, 4) is 11.5 Å². The zero-order valence-electron chi connectivity index (χ0n) is 18.8. The van der Waals surface area contributed by atoms with Crippen LogP contribution in [-0.4, -0.2) is 38.3 Å². The fourth-order valence-electron chi connectivity index (χ4n) is 4.47. The molecule has 2 heterocycles. The van der Waals surface area contributed by atoms with E-state index in [9.17, 15) is 0 Å². The summed E-state index contributed by atoms with van der Waals surface area (Å²) in [6.45, 7) is 0. The third-order valence-corrected chi connectivity index (χ3v) is 6.21. The predicted molar refractivity (Wildman–Crippen MR) is 131 cm³/mol. The topological polar surface area (TPSA) is 53.3 Å². The molecular weight excluding hydrogens is 398 g/mol. The van der Waals surface area contributed by atoms with E-state index < -0.39 is 0 Å². The third-order valence-electron chi connectivity index (χ3n) is 6.21. The fraction of sp³-hybridized carbons (Fsp3) is 0.185. The maximum absolute atomic E-state index is 5.52. The molecule has 0 unspecified atom stereocenters. The molecule has 0 spiro atoms. The van der Waals surface area contributed by atoms with Crippen LogP contribution in [-0.2, 0) is 0 Å². The molecule has 2 N–H and O–H groups in total. The molecule has 5 rings (SSSR count). The minimum Gasteiger partial charge on any atom is -0.497 e. The van der Waals surface area contributed by atoms with Gasteiger partial charge in [-0.3, -0.25) is 0 Å². The number of fused-ring (bicyclic) bond motifs is 2. The highest BCUT2D eigenvalue weighted by atomic mass is 16.5. The minimum atomic E-state index is 0.0351. The SMILES string of the molecule is COc1ccc2[nH]cc(C(c3ccc(N(C)C)cc3)c3c[nH]c4ccc(OC)cc34)c2c1. The molecule has 0 aliphatic rings. The van der Waals surface area contributed by atoms with Crippen molar-refractivity contribution in [3.05, 3.63) is 89.7 Å². The van der Waals surface area contributed by atoms with E-state index in [1.807, 2.05) is 12.1 Å². The van der Waals surface area contributed by atoms with E-state index in [-0.39, 0.29) is 5.92 Å². The molecule has 0 saturated carbocycles. The number of H-pyrrole nitrogens is 2. The first kappa shape index (κ1) is 20.1. The lowest BCUT2D eigenvalue weighted by Crippen LogP contribution is -2.09. The number of methoxy groups -OCH3 is 2. The Hall–Kier alpha value is -3.86. The highest BCUT2D eigenvalue weighted by Crippen LogP contribution is 2.41. The molecule has 0 saturated heterocycles. The number of nitrogens with zero attached hydrogens (tertiary/aromatic N) is 1. The standard InChI is InChI=1S/C27H27N3O2/c1-30(2)18-7-5-17(6-8-18)27(23-15-28-25-11-9-19(31-3)13-21(23)25)24-16-29-26-12-10-20(32-4)14-22(24)26/h5-16,27-29H,1-4H3. The van der Waals surface area contributed by atoms with Gasteiger partial charge in [-0.25, -0.2) is 0 Å². The number of rotatable bonds is 6. The smallest absolute Gasteiger partial charge is 0.119 e. The molecule has 5 heteroatoms. The van der Waals surface area contributed by atoms with E-state index >= 15 is 0 Å². The Morgan fingerprint density at radius 1 is 0.688 bits per heavy atom. The summed E-state index contributed by atoms with van der Waals surface area (Å²) < 4.78 is 11.0. The van der Waals surface area contributed by atoms with Crippen LogP contribution in [0.5, 0.6) is 11.5 Å². The van der Waals surface area contributed by atoms with Crippen LogP contribution in [0, 0.1) is 0 Å². The fourth-order valence-corrected chi connectivity index (χ4v) is 4.47. The second kappa shape index (κ2) is 8.00. The van der Waals surface area contributed by atoms with Gasteiger partial charge in [0.05, 0.1) is 14.2 Å². The first-order chi connectivity index (χ1) is 15.6. The van der Waals surface area contributed by atoms with Crippen LogP contribution in [0.4, 0.5) is 5.69 Å². The van der Waals surface area contributed by atoms with E-state index in [0.717, 1.165) is 33.3 Å². The lowest BCUT2D eigenvalue weighted by molar-refractivity contribution is 0.415. The molecule has 162 valence electrons. The molecular formula is C27H27N3O2. The van der Waals surface area contributed by atoms with Crippen LogP contribution in [0.1, 0.15) is 22.6 Å². The molecule has 0 fully saturated rings. The number of hydrogen-bond donors (Lipinski definition) is 2. The van der Waals surface area contributed by atoms with Gasteiger partial charge in [-0.15, -0.1) is 0 Å². The first-order valence-electron chi connectivity index (χ1n) is 10.7. The Kier molecular flexibility index (Phi) is 5.02. The summed E-state index contributed by atoms with van der Waals surface area (Å²) in [4.78, 5) is 9.02. The van der Waals surface area contributed by atoms with Crippen molar-refractivity contribution >= 4 is 27.5 Å². The van der Waals surface area contributed by atoms with Gasteiger partial charge in [0.15, 0.2) is 0 Å². The van der Waals surface area contributed by atoms with Crippen LogP contribution < -0.4 is 14.4 Å². The van der Waals surface area contributed by atoms with Gasteiger partial charge in [0.1, 0.15) is 11.5 Å². The minimum absolute atomic E-state index is 0.0351. The maximum atomic E-state index is 5.52. The lowest BCUT2D eigenvalue weighted by atomic mass is 9.84. The number of nitrogens with one attached hydrogen (secondary N) is 2. The second-order valence-corrected chi connectivity index (χ2v) is 8.23. The van der Waals surface area contributed by atoms with Gasteiger partial charge in [-0.05, 0) is 65.2 Å². The zero-order valence-corrected chi connectivity index (χ0v) is 18.8. The van der Waals surface area contributed by atoms with Crippen LogP contribution in [0.2, 0.25) is 0 Å². The Morgan fingerprint density at radius 3 is 1.62 bits per heavy atom. The van der Waals surface area contributed by atoms with Gasteiger partial charge in [-0.1, -0.05) is 12.1 Å². The predicted octanol–water partition coefficient (Wildman–Crippen LogP) is 5.91. The number of ether oxygens (including phenoxy) is 2. The van der Waals surface area contributed by atoms with Crippen molar-refractivity contribution < 1.29 is 9.47 Å². The molecule has 0 aliphatic heterocycles. The summed E-state index contributed by atoms with van der Waals surface area (Å²) in [5.74, 6) is 1.73. The molecule has 0 radical (unpaired) electrons. The molecule has 5 nitrogen and oxygen atoms in total. The number of anilines is 1. The molecule has 0 amide bonds. The quantitative estimate of drug-likeness (QED) is 0.355. The lowest BCUT2D eigenvalue weighted by Gasteiger charge is -2.19. The second-order valence-electron chi connectivity index (χ2n) is 8.23. The third kappa shape index (κ3) is 3.36. The molecule has 32 heavy (non-hydrogen) atoms. The molecule has 0 bridgehead atoms. The monoisotopic (exact) mass is 425 g/mol. The van der Waals surface area contributed by atoms with Gasteiger partial charge in [0.25, 0.3) is 0 Å². The first-order valence-corrected chi connectivity index (χ1v) is 10.7. The number of aromatic nitrogens is 2. The summed E-state index contributed by atoms with van der Waals surface area (Å²) in [6, 6.07) is 21.1. The van der Waals surface area contributed by atoms with Crippen molar-refractivity contribution in [2.45, 2.75) is 5.92 Å². The normalized spacial score (nSPS) is 11.4. The van der Waals surface area contributed by atoms with Crippen LogP contribution >= 0.6 is 0 Å². The number of benzene rings is 3. The Morgan fingerprint density at radius 2 is 1.19 bits per heavy atom. The summed E-state index contributed by atoms with van der Waals surface area (Å²) in [7, 11) is 7.53. The van der Waals surface area contributed by atoms with E-state index in [2.05, 4.69) is 89.9 Å². The van der Waals surface area contributed by atoms with Crippen molar-refractivity contribution in [1.29, 1.82) is 0 Å². The summed E-state index contributed by atoms with van der Waals surface area (Å²) >= 11 is 0. The Bertz CT molecular complexity index is 1300. The number of aromatic amines is 2. The summed E-state index contributed by atoms with van der Waals surface area (Å²) in [6.07, 6.45) is 4.24. The van der Waals surface area contributed by atoms with Crippen molar-refractivity contribution in [1.82, 2.24) is 9.97 Å². The molecule has 0 atom stereocenters. The van der Waals surface area contributed by atoms with Crippen molar-refractivity contribution in [2.75, 3.05) is 33.2 Å². The summed E-state index contributed by atoms with van der Waals surface area (Å²) in [5, 5.41) is 2.31.